The Labute approximate surface area is 117 Å². The molecule has 1 atom stereocenters. The first-order valence-corrected chi connectivity index (χ1v) is 6.60. The molecule has 3 heteroatoms. The van der Waals surface area contributed by atoms with Gasteiger partial charge in [0.25, 0.3) is 0 Å². The van der Waals surface area contributed by atoms with Crippen LogP contribution in [0.25, 0.3) is 10.8 Å². The molecule has 100 valence electrons. The number of nitrogens with one attached hydrogen (secondary N) is 1. The monoisotopic (exact) mass is 266 g/mol. The average molecular weight is 266 g/mol. The van der Waals surface area contributed by atoms with Crippen LogP contribution in [0.15, 0.2) is 60.7 Å². The van der Waals surface area contributed by atoms with Gasteiger partial charge in [-0.15, -0.1) is 0 Å². The second kappa shape index (κ2) is 5.29. The first-order chi connectivity index (χ1) is 9.72. The van der Waals surface area contributed by atoms with E-state index in [-0.39, 0.29) is 6.04 Å². The Balaban J connectivity index is 1.86. The molecule has 20 heavy (non-hydrogen) atoms. The van der Waals surface area contributed by atoms with Crippen LogP contribution in [0, 0.1) is 5.95 Å². The van der Waals surface area contributed by atoms with Gasteiger partial charge in [-0.05, 0) is 41.5 Å². The largest absolute Gasteiger partial charge is 0.363 e. The van der Waals surface area contributed by atoms with Gasteiger partial charge in [0.05, 0.1) is 0 Å². The van der Waals surface area contributed by atoms with Crippen LogP contribution >= 0.6 is 0 Å². The van der Waals surface area contributed by atoms with Crippen LogP contribution in [0.5, 0.6) is 0 Å². The van der Waals surface area contributed by atoms with E-state index in [1.807, 2.05) is 19.1 Å². The lowest BCUT2D eigenvalue weighted by atomic mass is 10.0. The number of hydrogen-bond acceptors (Lipinski definition) is 2. The molecule has 0 radical (unpaired) electrons. The fourth-order valence-electron chi connectivity index (χ4n) is 2.27. The molecular formula is C17H15FN2. The Morgan fingerprint density at radius 2 is 1.75 bits per heavy atom. The van der Waals surface area contributed by atoms with Crippen molar-refractivity contribution in [2.75, 3.05) is 5.32 Å². The zero-order chi connectivity index (χ0) is 13.9. The van der Waals surface area contributed by atoms with Crippen molar-refractivity contribution in [2.45, 2.75) is 13.0 Å². The third kappa shape index (κ3) is 2.62. The van der Waals surface area contributed by atoms with Gasteiger partial charge in [-0.2, -0.15) is 4.39 Å². The van der Waals surface area contributed by atoms with Gasteiger partial charge in [0, 0.05) is 6.04 Å². The van der Waals surface area contributed by atoms with Crippen molar-refractivity contribution in [1.29, 1.82) is 0 Å². The quantitative estimate of drug-likeness (QED) is 0.704. The summed E-state index contributed by atoms with van der Waals surface area (Å²) in [5, 5.41) is 5.63. The number of benzene rings is 2. The highest BCUT2D eigenvalue weighted by molar-refractivity contribution is 5.83. The van der Waals surface area contributed by atoms with Gasteiger partial charge in [-0.3, -0.25) is 0 Å². The first-order valence-electron chi connectivity index (χ1n) is 6.60. The van der Waals surface area contributed by atoms with Crippen molar-refractivity contribution < 1.29 is 4.39 Å². The minimum atomic E-state index is -0.472. The molecule has 2 nitrogen and oxygen atoms in total. The molecule has 0 saturated heterocycles. The third-order valence-electron chi connectivity index (χ3n) is 3.35. The van der Waals surface area contributed by atoms with Crippen LogP contribution in [0.1, 0.15) is 18.5 Å². The summed E-state index contributed by atoms with van der Waals surface area (Å²) in [5.74, 6) is 0.0753. The number of hydrogen-bond donors (Lipinski definition) is 1. The van der Waals surface area contributed by atoms with Gasteiger partial charge in [0.15, 0.2) is 0 Å². The molecule has 1 N–H and O–H groups in total. The van der Waals surface area contributed by atoms with Crippen LogP contribution in [-0.2, 0) is 0 Å². The van der Waals surface area contributed by atoms with E-state index < -0.39 is 5.95 Å². The predicted octanol–water partition coefficient (Wildman–Crippen LogP) is 4.55. The number of nitrogens with zero attached hydrogens (tertiary/aromatic N) is 1. The summed E-state index contributed by atoms with van der Waals surface area (Å²) in [4.78, 5) is 3.82. The van der Waals surface area contributed by atoms with Crippen molar-refractivity contribution in [1.82, 2.24) is 4.98 Å². The second-order valence-corrected chi connectivity index (χ2v) is 4.82. The average Bonchev–Trinajstić information content (AvgIpc) is 2.47. The van der Waals surface area contributed by atoms with Gasteiger partial charge in [0.2, 0.25) is 5.95 Å². The second-order valence-electron chi connectivity index (χ2n) is 4.82. The van der Waals surface area contributed by atoms with E-state index in [0.717, 1.165) is 5.56 Å². The molecule has 2 aromatic carbocycles. The highest BCUT2D eigenvalue weighted by Crippen LogP contribution is 2.22. The van der Waals surface area contributed by atoms with E-state index >= 15 is 0 Å². The van der Waals surface area contributed by atoms with Crippen molar-refractivity contribution >= 4 is 16.6 Å². The summed E-state index contributed by atoms with van der Waals surface area (Å²) in [5.41, 5.74) is 1.15. The molecule has 1 aromatic heterocycles. The van der Waals surface area contributed by atoms with E-state index in [2.05, 4.69) is 40.6 Å². The predicted molar refractivity (Wildman–Crippen MR) is 80.2 cm³/mol. The SMILES string of the molecule is CC(Nc1cccc(F)n1)c1ccc2ccccc2c1. The van der Waals surface area contributed by atoms with Crippen LogP contribution in [0.4, 0.5) is 10.2 Å². The lowest BCUT2D eigenvalue weighted by Crippen LogP contribution is -2.08. The fraction of sp³-hybridized carbons (Fsp3) is 0.118. The van der Waals surface area contributed by atoms with Crippen LogP contribution in [0.3, 0.4) is 0 Å². The molecule has 1 unspecified atom stereocenters. The third-order valence-corrected chi connectivity index (χ3v) is 3.35. The zero-order valence-corrected chi connectivity index (χ0v) is 11.2. The first kappa shape index (κ1) is 12.6. The summed E-state index contributed by atoms with van der Waals surface area (Å²) < 4.78 is 13.1. The molecule has 1 heterocycles. The molecule has 3 aromatic rings. The van der Waals surface area contributed by atoms with Crippen molar-refractivity contribution in [3.05, 3.63) is 72.2 Å². The minimum Gasteiger partial charge on any atom is -0.363 e. The van der Waals surface area contributed by atoms with E-state index in [1.165, 1.54) is 16.8 Å². The van der Waals surface area contributed by atoms with Crippen LogP contribution in [0.2, 0.25) is 0 Å². The van der Waals surface area contributed by atoms with E-state index in [4.69, 9.17) is 0 Å². The van der Waals surface area contributed by atoms with Crippen LogP contribution in [-0.4, -0.2) is 4.98 Å². The Hall–Kier alpha value is -2.42. The molecule has 3 rings (SSSR count). The Kier molecular flexibility index (Phi) is 3.33. The molecule has 0 amide bonds. The van der Waals surface area contributed by atoms with Gasteiger partial charge >= 0.3 is 0 Å². The summed E-state index contributed by atoms with van der Waals surface area (Å²) >= 11 is 0. The zero-order valence-electron chi connectivity index (χ0n) is 11.2. The van der Waals surface area contributed by atoms with E-state index in [9.17, 15) is 4.39 Å². The summed E-state index contributed by atoms with van der Waals surface area (Å²) in [6.45, 7) is 2.04. The van der Waals surface area contributed by atoms with Gasteiger partial charge < -0.3 is 5.32 Å². The topological polar surface area (TPSA) is 24.9 Å². The maximum Gasteiger partial charge on any atom is 0.214 e. The highest BCUT2D eigenvalue weighted by atomic mass is 19.1. The Morgan fingerprint density at radius 3 is 2.55 bits per heavy atom. The van der Waals surface area contributed by atoms with Crippen molar-refractivity contribution in [3.63, 3.8) is 0 Å². The molecule has 0 fully saturated rings. The van der Waals surface area contributed by atoms with E-state index in [1.54, 1.807) is 12.1 Å². The van der Waals surface area contributed by atoms with Crippen molar-refractivity contribution in [2.24, 2.45) is 0 Å². The van der Waals surface area contributed by atoms with Crippen molar-refractivity contribution in [3.8, 4) is 0 Å². The Bertz CT molecular complexity index is 740. The van der Waals surface area contributed by atoms with E-state index in [0.29, 0.717) is 5.82 Å². The maximum absolute atomic E-state index is 13.1. The summed E-state index contributed by atoms with van der Waals surface area (Å²) in [6, 6.07) is 19.4. The number of fused-ring (bicyclic) bond motifs is 1. The van der Waals surface area contributed by atoms with Crippen LogP contribution < -0.4 is 5.32 Å². The smallest absolute Gasteiger partial charge is 0.214 e. The molecule has 0 spiro atoms. The molecule has 0 aliphatic rings. The molecular weight excluding hydrogens is 251 g/mol. The summed E-state index contributed by atoms with van der Waals surface area (Å²) in [6.07, 6.45) is 0. The number of pyridine rings is 1. The summed E-state index contributed by atoms with van der Waals surface area (Å²) in [7, 11) is 0. The maximum atomic E-state index is 13.1. The molecule has 0 bridgehead atoms. The van der Waals surface area contributed by atoms with Gasteiger partial charge in [-0.1, -0.05) is 42.5 Å². The molecule has 0 aliphatic heterocycles. The minimum absolute atomic E-state index is 0.0638. The van der Waals surface area contributed by atoms with Gasteiger partial charge in [0.1, 0.15) is 5.82 Å². The standard InChI is InChI=1S/C17H15FN2/c1-12(19-17-8-4-7-16(18)20-17)14-10-9-13-5-2-3-6-15(13)11-14/h2-12H,1H3,(H,19,20). The number of aromatic nitrogens is 1. The lowest BCUT2D eigenvalue weighted by molar-refractivity contribution is 0.584. The molecule has 0 saturated carbocycles. The fourth-order valence-corrected chi connectivity index (χ4v) is 2.27. The lowest BCUT2D eigenvalue weighted by Gasteiger charge is -2.15. The Morgan fingerprint density at radius 1 is 0.950 bits per heavy atom. The highest BCUT2D eigenvalue weighted by Gasteiger charge is 2.07. The number of halogens is 1. The number of rotatable bonds is 3. The number of anilines is 1. The normalized spacial score (nSPS) is 12.3. The van der Waals surface area contributed by atoms with Gasteiger partial charge in [-0.25, -0.2) is 4.98 Å². The molecule has 0 aliphatic carbocycles.